The van der Waals surface area contributed by atoms with Gasteiger partial charge in [-0.25, -0.2) is 4.39 Å². The molecule has 138 valence electrons. The maximum Gasteiger partial charge on any atom is 0.228 e. The summed E-state index contributed by atoms with van der Waals surface area (Å²) in [6.07, 6.45) is 4.18. The van der Waals surface area contributed by atoms with E-state index >= 15 is 0 Å². The zero-order valence-electron chi connectivity index (χ0n) is 14.9. The number of halogens is 2. The molecule has 1 aliphatic heterocycles. The Labute approximate surface area is 153 Å². The number of unbranched alkanes of at least 4 members (excludes halogenated alkanes) is 2. The molecule has 4 nitrogen and oxygen atoms in total. The molecule has 0 saturated carbocycles. The number of rotatable bonds is 8. The molecule has 1 aliphatic rings. The van der Waals surface area contributed by atoms with Gasteiger partial charge in [0.25, 0.3) is 0 Å². The molecule has 1 saturated heterocycles. The number of anilines is 1. The molecular formula is C19H26ClFN2O2. The number of benzene rings is 1. The van der Waals surface area contributed by atoms with E-state index in [0.29, 0.717) is 12.2 Å². The van der Waals surface area contributed by atoms with E-state index in [9.17, 15) is 14.0 Å². The second-order valence-corrected chi connectivity index (χ2v) is 6.94. The van der Waals surface area contributed by atoms with E-state index < -0.39 is 5.82 Å². The summed E-state index contributed by atoms with van der Waals surface area (Å²) in [6.45, 7) is 6.00. The fourth-order valence-corrected chi connectivity index (χ4v) is 3.24. The summed E-state index contributed by atoms with van der Waals surface area (Å²) in [6, 6.07) is 4.21. The van der Waals surface area contributed by atoms with Crippen LogP contribution >= 0.6 is 11.6 Å². The van der Waals surface area contributed by atoms with E-state index in [1.807, 2.05) is 4.90 Å². The van der Waals surface area contributed by atoms with Crippen LogP contribution in [0.5, 0.6) is 0 Å². The number of amides is 2. The molecule has 1 aromatic rings. The largest absolute Gasteiger partial charge is 0.342 e. The van der Waals surface area contributed by atoms with Crippen molar-refractivity contribution in [2.75, 3.05) is 24.5 Å². The predicted octanol–water partition coefficient (Wildman–Crippen LogP) is 4.26. The van der Waals surface area contributed by atoms with Crippen LogP contribution in [-0.4, -0.2) is 36.3 Å². The molecule has 6 heteroatoms. The number of carbonyl (C=O) groups is 2. The average Bonchev–Trinajstić information content (AvgIpc) is 2.99. The highest BCUT2D eigenvalue weighted by molar-refractivity contribution is 6.31. The van der Waals surface area contributed by atoms with Gasteiger partial charge in [-0.1, -0.05) is 38.3 Å². The molecule has 0 bridgehead atoms. The topological polar surface area (TPSA) is 40.6 Å². The number of carbonyl (C=O) groups excluding carboxylic acids is 2. The Morgan fingerprint density at radius 1 is 1.28 bits per heavy atom. The molecule has 1 heterocycles. The maximum absolute atomic E-state index is 13.3. The average molecular weight is 369 g/mol. The zero-order chi connectivity index (χ0) is 18.4. The predicted molar refractivity (Wildman–Crippen MR) is 98.3 cm³/mol. The van der Waals surface area contributed by atoms with Gasteiger partial charge in [0.15, 0.2) is 0 Å². The Bertz CT molecular complexity index is 615. The lowest BCUT2D eigenvalue weighted by molar-refractivity contribution is -0.136. The van der Waals surface area contributed by atoms with E-state index in [1.54, 1.807) is 0 Å². The summed E-state index contributed by atoms with van der Waals surface area (Å²) < 4.78 is 13.3. The van der Waals surface area contributed by atoms with Gasteiger partial charge < -0.3 is 9.80 Å². The highest BCUT2D eigenvalue weighted by Crippen LogP contribution is 2.29. The molecule has 2 amide bonds. The summed E-state index contributed by atoms with van der Waals surface area (Å²) >= 11 is 5.82. The molecule has 1 fully saturated rings. The fraction of sp³-hybridized carbons (Fsp3) is 0.579. The monoisotopic (exact) mass is 368 g/mol. The number of hydrogen-bond acceptors (Lipinski definition) is 2. The Morgan fingerprint density at radius 3 is 2.48 bits per heavy atom. The molecule has 0 aromatic heterocycles. The summed E-state index contributed by atoms with van der Waals surface area (Å²) in [5, 5.41) is -0.0207. The molecule has 0 N–H and O–H groups in total. The van der Waals surface area contributed by atoms with Gasteiger partial charge in [-0.3, -0.25) is 9.59 Å². The molecule has 1 atom stereocenters. The first kappa shape index (κ1) is 19.7. The number of nitrogens with zero attached hydrogens (tertiary/aromatic N) is 2. The van der Waals surface area contributed by atoms with Crippen molar-refractivity contribution in [3.05, 3.63) is 29.0 Å². The lowest BCUT2D eigenvalue weighted by Gasteiger charge is -2.25. The number of hydrogen-bond donors (Lipinski definition) is 0. The van der Waals surface area contributed by atoms with Crippen molar-refractivity contribution < 1.29 is 14.0 Å². The maximum atomic E-state index is 13.3. The van der Waals surface area contributed by atoms with E-state index in [-0.39, 0.29) is 29.2 Å². The van der Waals surface area contributed by atoms with Gasteiger partial charge in [-0.15, -0.1) is 0 Å². The lowest BCUT2D eigenvalue weighted by Crippen LogP contribution is -2.38. The minimum Gasteiger partial charge on any atom is -0.342 e. The molecule has 0 radical (unpaired) electrons. The standard InChI is InChI=1S/C19H26ClFN2O2/c1-3-5-9-22(10-6-4-2)19(25)14-11-18(24)23(13-14)15-7-8-17(21)16(20)12-15/h7-8,12,14H,3-6,9-11,13H2,1-2H3. The summed E-state index contributed by atoms with van der Waals surface area (Å²) in [5.74, 6) is -0.932. The first-order valence-electron chi connectivity index (χ1n) is 9.02. The third-order valence-corrected chi connectivity index (χ3v) is 4.85. The normalized spacial score (nSPS) is 17.2. The van der Waals surface area contributed by atoms with Crippen LogP contribution in [-0.2, 0) is 9.59 Å². The van der Waals surface area contributed by atoms with E-state index in [1.165, 1.54) is 23.1 Å². The summed E-state index contributed by atoms with van der Waals surface area (Å²) in [5.41, 5.74) is 0.542. The van der Waals surface area contributed by atoms with Crippen LogP contribution < -0.4 is 4.90 Å². The zero-order valence-corrected chi connectivity index (χ0v) is 15.7. The first-order chi connectivity index (χ1) is 12.0. The molecule has 0 spiro atoms. The van der Waals surface area contributed by atoms with Crippen molar-refractivity contribution in [2.24, 2.45) is 5.92 Å². The van der Waals surface area contributed by atoms with E-state index in [0.717, 1.165) is 38.8 Å². The van der Waals surface area contributed by atoms with Gasteiger partial charge in [0.1, 0.15) is 5.82 Å². The van der Waals surface area contributed by atoms with Gasteiger partial charge >= 0.3 is 0 Å². The first-order valence-corrected chi connectivity index (χ1v) is 9.39. The lowest BCUT2D eigenvalue weighted by atomic mass is 10.1. The van der Waals surface area contributed by atoms with Crippen LogP contribution in [0.4, 0.5) is 10.1 Å². The van der Waals surface area contributed by atoms with Gasteiger partial charge in [0.05, 0.1) is 10.9 Å². The van der Waals surface area contributed by atoms with Crippen molar-refractivity contribution in [1.82, 2.24) is 4.90 Å². The Morgan fingerprint density at radius 2 is 1.92 bits per heavy atom. The van der Waals surface area contributed by atoms with E-state index in [2.05, 4.69) is 13.8 Å². The van der Waals surface area contributed by atoms with Crippen molar-refractivity contribution in [3.8, 4) is 0 Å². The van der Waals surface area contributed by atoms with Crippen molar-refractivity contribution in [3.63, 3.8) is 0 Å². The third-order valence-electron chi connectivity index (χ3n) is 4.56. The van der Waals surface area contributed by atoms with Crippen molar-refractivity contribution in [1.29, 1.82) is 0 Å². The fourth-order valence-electron chi connectivity index (χ4n) is 3.06. The Kier molecular flexibility index (Phi) is 7.24. The van der Waals surface area contributed by atoms with Crippen LogP contribution in [0.2, 0.25) is 5.02 Å². The van der Waals surface area contributed by atoms with Gasteiger partial charge in [-0.05, 0) is 31.0 Å². The van der Waals surface area contributed by atoms with Crippen LogP contribution in [0.3, 0.4) is 0 Å². The second-order valence-electron chi connectivity index (χ2n) is 6.54. The smallest absolute Gasteiger partial charge is 0.228 e. The molecule has 0 aliphatic carbocycles. The van der Waals surface area contributed by atoms with Crippen LogP contribution in [0.15, 0.2) is 18.2 Å². The minimum absolute atomic E-state index is 0.0207. The third kappa shape index (κ3) is 4.94. The SMILES string of the molecule is CCCCN(CCCC)C(=O)C1CC(=O)N(c2ccc(F)c(Cl)c2)C1. The Hall–Kier alpha value is -1.62. The minimum atomic E-state index is -0.519. The van der Waals surface area contributed by atoms with Crippen molar-refractivity contribution in [2.45, 2.75) is 46.0 Å². The molecule has 2 rings (SSSR count). The van der Waals surface area contributed by atoms with Gasteiger partial charge in [0, 0.05) is 31.7 Å². The summed E-state index contributed by atoms with van der Waals surface area (Å²) in [4.78, 5) is 28.6. The van der Waals surface area contributed by atoms with Crippen LogP contribution in [0.1, 0.15) is 46.0 Å². The molecule has 1 unspecified atom stereocenters. The van der Waals surface area contributed by atoms with Crippen molar-refractivity contribution >= 4 is 29.1 Å². The van der Waals surface area contributed by atoms with Gasteiger partial charge in [0.2, 0.25) is 11.8 Å². The van der Waals surface area contributed by atoms with E-state index in [4.69, 9.17) is 11.6 Å². The van der Waals surface area contributed by atoms with Gasteiger partial charge in [-0.2, -0.15) is 0 Å². The summed E-state index contributed by atoms with van der Waals surface area (Å²) in [7, 11) is 0. The highest BCUT2D eigenvalue weighted by atomic mass is 35.5. The van der Waals surface area contributed by atoms with Crippen LogP contribution in [0.25, 0.3) is 0 Å². The molecular weight excluding hydrogens is 343 g/mol. The quantitative estimate of drug-likeness (QED) is 0.687. The Balaban J connectivity index is 2.08. The highest BCUT2D eigenvalue weighted by Gasteiger charge is 2.37. The second kappa shape index (κ2) is 9.18. The van der Waals surface area contributed by atoms with Crippen LogP contribution in [0, 0.1) is 11.7 Å². The molecule has 1 aromatic carbocycles. The molecule has 25 heavy (non-hydrogen) atoms.